The third-order valence-electron chi connectivity index (χ3n) is 5.09. The molecule has 2 aromatic rings. The fourth-order valence-electron chi connectivity index (χ4n) is 3.44. The minimum atomic E-state index is -0.445. The highest BCUT2D eigenvalue weighted by Crippen LogP contribution is 2.23. The Morgan fingerprint density at radius 3 is 2.64 bits per heavy atom. The normalized spacial score (nSPS) is 18.7. The first-order valence-corrected chi connectivity index (χ1v) is 9.50. The van der Waals surface area contributed by atoms with Gasteiger partial charge >= 0.3 is 0 Å². The van der Waals surface area contributed by atoms with Crippen LogP contribution in [-0.4, -0.2) is 58.7 Å². The van der Waals surface area contributed by atoms with Gasteiger partial charge in [-0.05, 0) is 38.1 Å². The number of carbonyl (C=O) groups excluding carboxylic acids is 1. The predicted octanol–water partition coefficient (Wildman–Crippen LogP) is 2.67. The molecule has 158 valence electrons. The van der Waals surface area contributed by atoms with Crippen LogP contribution in [0.25, 0.3) is 11.0 Å². The summed E-state index contributed by atoms with van der Waals surface area (Å²) in [7, 11) is 0. The van der Waals surface area contributed by atoms with Gasteiger partial charge in [0.2, 0.25) is 5.95 Å². The molecule has 2 heterocycles. The van der Waals surface area contributed by atoms with Crippen LogP contribution in [0.1, 0.15) is 26.7 Å². The van der Waals surface area contributed by atoms with E-state index in [1.165, 1.54) is 0 Å². The molecule has 0 saturated carbocycles. The number of imidazole rings is 1. The van der Waals surface area contributed by atoms with Crippen LogP contribution in [0.15, 0.2) is 24.3 Å². The number of benzene rings is 1. The van der Waals surface area contributed by atoms with Crippen molar-refractivity contribution in [1.29, 1.82) is 0 Å². The van der Waals surface area contributed by atoms with Gasteiger partial charge in [0.05, 0.1) is 17.1 Å². The molecule has 1 aliphatic rings. The van der Waals surface area contributed by atoms with Gasteiger partial charge in [0, 0.05) is 19.6 Å². The molecule has 1 aromatic carbocycles. The summed E-state index contributed by atoms with van der Waals surface area (Å²) in [5, 5.41) is 2.97. The summed E-state index contributed by atoms with van der Waals surface area (Å²) in [6.45, 7) is 8.45. The highest BCUT2D eigenvalue weighted by Gasteiger charge is 2.30. The van der Waals surface area contributed by atoms with E-state index in [1.807, 2.05) is 24.3 Å². The molecule has 1 saturated heterocycles. The highest BCUT2D eigenvalue weighted by molar-refractivity contribution is 5.94. The van der Waals surface area contributed by atoms with E-state index in [9.17, 15) is 4.79 Å². The van der Waals surface area contributed by atoms with Crippen molar-refractivity contribution in [3.05, 3.63) is 24.3 Å². The lowest BCUT2D eigenvalue weighted by molar-refractivity contribution is -0.126. The van der Waals surface area contributed by atoms with Crippen LogP contribution in [0, 0.1) is 0 Å². The molecule has 9 heteroatoms. The Balaban J connectivity index is 0.00000196. The number of fused-ring (bicyclic) bond motifs is 1. The molecule has 1 aliphatic heterocycles. The molecule has 1 amide bonds. The van der Waals surface area contributed by atoms with E-state index in [1.54, 1.807) is 0 Å². The summed E-state index contributed by atoms with van der Waals surface area (Å²) in [5.74, 6) is 0.448. The number of amides is 1. The number of para-hydroxylation sites is 2. The van der Waals surface area contributed by atoms with Gasteiger partial charge in [-0.1, -0.05) is 26.0 Å². The molecule has 0 bridgehead atoms. The van der Waals surface area contributed by atoms with E-state index < -0.39 is 6.10 Å². The second-order valence-electron chi connectivity index (χ2n) is 6.65. The van der Waals surface area contributed by atoms with E-state index >= 15 is 0 Å². The molecule has 3 rings (SSSR count). The van der Waals surface area contributed by atoms with Crippen molar-refractivity contribution in [2.45, 2.75) is 45.4 Å². The van der Waals surface area contributed by atoms with Crippen molar-refractivity contribution >= 4 is 47.7 Å². The number of nitrogens with zero attached hydrogens (tertiary/aromatic N) is 3. The number of hydrogen-bond acceptors (Lipinski definition) is 5. The maximum atomic E-state index is 12.6. The molecule has 3 N–H and O–H groups in total. The lowest BCUT2D eigenvalue weighted by Crippen LogP contribution is -2.31. The van der Waals surface area contributed by atoms with E-state index in [4.69, 9.17) is 10.5 Å². The zero-order valence-corrected chi connectivity index (χ0v) is 18.1. The molecule has 0 unspecified atom stereocenters. The van der Waals surface area contributed by atoms with Crippen molar-refractivity contribution in [2.75, 3.05) is 31.5 Å². The summed E-state index contributed by atoms with van der Waals surface area (Å²) in [4.78, 5) is 19.6. The second kappa shape index (κ2) is 11.6. The number of halogens is 2. The van der Waals surface area contributed by atoms with Gasteiger partial charge in [0.1, 0.15) is 6.10 Å². The van der Waals surface area contributed by atoms with Crippen molar-refractivity contribution in [3.63, 3.8) is 0 Å². The molecule has 2 atom stereocenters. The second-order valence-corrected chi connectivity index (χ2v) is 6.65. The first-order chi connectivity index (χ1) is 12.7. The number of carbonyl (C=O) groups is 1. The molecular weight excluding hydrogens is 401 g/mol. The van der Waals surface area contributed by atoms with Crippen LogP contribution in [-0.2, 0) is 16.1 Å². The first-order valence-electron chi connectivity index (χ1n) is 9.50. The molecule has 1 aromatic heterocycles. The Morgan fingerprint density at radius 1 is 1.29 bits per heavy atom. The Hall–Kier alpha value is -1.38. The van der Waals surface area contributed by atoms with Crippen molar-refractivity contribution in [3.8, 4) is 0 Å². The lowest BCUT2D eigenvalue weighted by atomic mass is 10.2. The molecular formula is C19H31Cl2N5O2. The summed E-state index contributed by atoms with van der Waals surface area (Å²) < 4.78 is 7.79. The van der Waals surface area contributed by atoms with Gasteiger partial charge in [0.25, 0.3) is 5.91 Å². The average molecular weight is 432 g/mol. The quantitative estimate of drug-likeness (QED) is 0.670. The summed E-state index contributed by atoms with van der Waals surface area (Å²) >= 11 is 0. The van der Waals surface area contributed by atoms with Crippen LogP contribution in [0.3, 0.4) is 0 Å². The number of likely N-dealkylation sites (N-methyl/N-ethyl adjacent to an activating group) is 1. The molecule has 0 radical (unpaired) electrons. The van der Waals surface area contributed by atoms with E-state index in [2.05, 4.69) is 33.6 Å². The summed E-state index contributed by atoms with van der Waals surface area (Å²) in [6.07, 6.45) is 1.06. The van der Waals surface area contributed by atoms with Crippen LogP contribution in [0.5, 0.6) is 0 Å². The number of aromatic nitrogens is 2. The minimum absolute atomic E-state index is 0. The van der Waals surface area contributed by atoms with Crippen molar-refractivity contribution in [2.24, 2.45) is 5.73 Å². The Bertz CT molecular complexity index is 751. The smallest absolute Gasteiger partial charge is 0.255 e. The zero-order chi connectivity index (χ0) is 18.5. The topological polar surface area (TPSA) is 85.4 Å². The van der Waals surface area contributed by atoms with E-state index in [-0.39, 0.29) is 36.8 Å². The number of rotatable bonds is 8. The van der Waals surface area contributed by atoms with Gasteiger partial charge in [0.15, 0.2) is 0 Å². The largest absolute Gasteiger partial charge is 0.364 e. The molecule has 1 fully saturated rings. The molecule has 28 heavy (non-hydrogen) atoms. The van der Waals surface area contributed by atoms with Crippen molar-refractivity contribution < 1.29 is 9.53 Å². The maximum Gasteiger partial charge on any atom is 0.255 e. The summed E-state index contributed by atoms with van der Waals surface area (Å²) in [6, 6.07) is 7.96. The number of hydrogen-bond donors (Lipinski definition) is 2. The molecule has 7 nitrogen and oxygen atoms in total. The van der Waals surface area contributed by atoms with Gasteiger partial charge in [-0.2, -0.15) is 0 Å². The Labute approximate surface area is 178 Å². The third-order valence-corrected chi connectivity index (χ3v) is 5.09. The Kier molecular flexibility index (Phi) is 10.2. The first kappa shape index (κ1) is 24.7. The number of nitrogens with two attached hydrogens (primary N) is 1. The van der Waals surface area contributed by atoms with Crippen LogP contribution < -0.4 is 11.1 Å². The van der Waals surface area contributed by atoms with E-state index in [0.717, 1.165) is 43.6 Å². The lowest BCUT2D eigenvalue weighted by Gasteiger charge is -2.19. The monoisotopic (exact) mass is 431 g/mol. The number of ether oxygens (including phenoxy) is 1. The standard InChI is InChI=1S/C19H29N5O2.2ClH/c1-3-23(4-2)11-12-24-16-8-6-5-7-15(16)21-19(24)22-18(25)17-10-9-14(13-20)26-17;;/h5-8,14,17H,3-4,9-13,20H2,1-2H3,(H,21,22,25);2*1H/t14-,17+;;/m1../s1. The molecule has 0 spiro atoms. The third kappa shape index (κ3) is 5.58. The van der Waals surface area contributed by atoms with Crippen molar-refractivity contribution in [1.82, 2.24) is 14.5 Å². The van der Waals surface area contributed by atoms with Gasteiger partial charge in [-0.15, -0.1) is 24.8 Å². The fourth-order valence-corrected chi connectivity index (χ4v) is 3.44. The molecule has 0 aliphatic carbocycles. The van der Waals surface area contributed by atoms with Gasteiger partial charge in [-0.3, -0.25) is 10.1 Å². The average Bonchev–Trinajstić information content (AvgIpc) is 3.27. The SMILES string of the molecule is CCN(CC)CCn1c(NC(=O)[C@@H]2CC[C@H](CN)O2)nc2ccccc21.Cl.Cl. The maximum absolute atomic E-state index is 12.6. The Morgan fingerprint density at radius 2 is 2.00 bits per heavy atom. The van der Waals surface area contributed by atoms with Crippen LogP contribution in [0.2, 0.25) is 0 Å². The number of anilines is 1. The summed E-state index contributed by atoms with van der Waals surface area (Å²) in [5.41, 5.74) is 7.55. The zero-order valence-electron chi connectivity index (χ0n) is 16.5. The number of nitrogens with one attached hydrogen (secondary N) is 1. The highest BCUT2D eigenvalue weighted by atomic mass is 35.5. The van der Waals surface area contributed by atoms with Gasteiger partial charge < -0.3 is 19.9 Å². The van der Waals surface area contributed by atoms with Crippen LogP contribution >= 0.6 is 24.8 Å². The predicted molar refractivity (Wildman–Crippen MR) is 118 cm³/mol. The fraction of sp³-hybridized carbons (Fsp3) is 0.579. The minimum Gasteiger partial charge on any atom is -0.364 e. The van der Waals surface area contributed by atoms with E-state index in [0.29, 0.717) is 18.9 Å². The van der Waals surface area contributed by atoms with Crippen LogP contribution in [0.4, 0.5) is 5.95 Å². The van der Waals surface area contributed by atoms with Gasteiger partial charge in [-0.25, -0.2) is 4.98 Å².